The molecule has 1 unspecified atom stereocenters. The van der Waals surface area contributed by atoms with Crippen LogP contribution < -0.4 is 5.32 Å². The minimum absolute atomic E-state index is 0.0896. The number of hydrogen-bond acceptors (Lipinski definition) is 3. The summed E-state index contributed by atoms with van der Waals surface area (Å²) in [5.41, 5.74) is 1.18. The maximum absolute atomic E-state index is 9.39. The van der Waals surface area contributed by atoms with Gasteiger partial charge in [0.2, 0.25) is 0 Å². The summed E-state index contributed by atoms with van der Waals surface area (Å²) in [6, 6.07) is 10.3. The van der Waals surface area contributed by atoms with Gasteiger partial charge in [-0.2, -0.15) is 11.8 Å². The number of aliphatic hydroxyl groups is 1. The molecule has 2 rings (SSSR count). The Labute approximate surface area is 101 Å². The van der Waals surface area contributed by atoms with Gasteiger partial charge in [0.15, 0.2) is 0 Å². The molecule has 1 aliphatic rings. The molecule has 0 aliphatic carbocycles. The Morgan fingerprint density at radius 3 is 2.81 bits per heavy atom. The van der Waals surface area contributed by atoms with Crippen LogP contribution in [-0.4, -0.2) is 29.8 Å². The highest BCUT2D eigenvalue weighted by atomic mass is 32.2. The van der Waals surface area contributed by atoms with Crippen LogP contribution in [0.15, 0.2) is 30.3 Å². The second-order valence-corrected chi connectivity index (χ2v) is 5.43. The Bertz CT molecular complexity index is 298. The normalized spacial score (nSPS) is 22.2. The van der Waals surface area contributed by atoms with Crippen molar-refractivity contribution >= 4 is 11.8 Å². The third-order valence-electron chi connectivity index (χ3n) is 3.06. The van der Waals surface area contributed by atoms with Crippen molar-refractivity contribution in [2.75, 3.05) is 24.7 Å². The van der Waals surface area contributed by atoms with Crippen molar-refractivity contribution in [1.29, 1.82) is 0 Å². The molecule has 0 saturated carbocycles. The lowest BCUT2D eigenvalue weighted by molar-refractivity contribution is 0.240. The molecule has 0 radical (unpaired) electrons. The lowest BCUT2D eigenvalue weighted by Crippen LogP contribution is -2.29. The van der Waals surface area contributed by atoms with Gasteiger partial charge in [-0.15, -0.1) is 0 Å². The average molecular weight is 237 g/mol. The number of aliphatic hydroxyl groups excluding tert-OH is 1. The van der Waals surface area contributed by atoms with Gasteiger partial charge in [-0.1, -0.05) is 30.3 Å². The van der Waals surface area contributed by atoms with Crippen LogP contribution in [-0.2, 0) is 0 Å². The van der Waals surface area contributed by atoms with E-state index in [9.17, 15) is 5.11 Å². The van der Waals surface area contributed by atoms with E-state index in [1.807, 2.05) is 30.0 Å². The third-order valence-corrected chi connectivity index (χ3v) is 4.29. The fraction of sp³-hybridized carbons (Fsp3) is 0.538. The molecule has 0 aromatic heterocycles. The molecule has 2 nitrogen and oxygen atoms in total. The monoisotopic (exact) mass is 237 g/mol. The molecule has 1 saturated heterocycles. The standard InChI is InChI=1S/C13H19NOS/c15-9-13(12-4-2-1-3-5-12)14-8-11-6-7-16-10-11/h1-5,11,13-15H,6-10H2/t11?,13-/m0/s1. The molecular weight excluding hydrogens is 218 g/mol. The van der Waals surface area contributed by atoms with Crippen LogP contribution in [0.4, 0.5) is 0 Å². The van der Waals surface area contributed by atoms with E-state index in [1.165, 1.54) is 23.5 Å². The zero-order valence-electron chi connectivity index (χ0n) is 9.43. The molecule has 1 heterocycles. The van der Waals surface area contributed by atoms with E-state index in [2.05, 4.69) is 17.4 Å². The molecule has 3 heteroatoms. The Hall–Kier alpha value is -0.510. The fourth-order valence-electron chi connectivity index (χ4n) is 2.03. The van der Waals surface area contributed by atoms with E-state index in [1.54, 1.807) is 0 Å². The topological polar surface area (TPSA) is 32.3 Å². The highest BCUT2D eigenvalue weighted by Gasteiger charge is 2.17. The van der Waals surface area contributed by atoms with Gasteiger partial charge in [0.05, 0.1) is 12.6 Å². The van der Waals surface area contributed by atoms with E-state index in [4.69, 9.17) is 0 Å². The van der Waals surface area contributed by atoms with Gasteiger partial charge in [0.25, 0.3) is 0 Å². The van der Waals surface area contributed by atoms with Crippen molar-refractivity contribution in [2.24, 2.45) is 5.92 Å². The van der Waals surface area contributed by atoms with E-state index in [0.29, 0.717) is 0 Å². The SMILES string of the molecule is OC[C@H](NCC1CCSC1)c1ccccc1. The molecule has 1 fully saturated rings. The van der Waals surface area contributed by atoms with Crippen LogP contribution in [0.5, 0.6) is 0 Å². The van der Waals surface area contributed by atoms with Crippen molar-refractivity contribution in [3.63, 3.8) is 0 Å². The summed E-state index contributed by atoms with van der Waals surface area (Å²) in [5, 5.41) is 12.8. The molecule has 0 spiro atoms. The predicted molar refractivity (Wildman–Crippen MR) is 69.7 cm³/mol. The first-order chi connectivity index (χ1) is 7.90. The molecule has 1 aromatic rings. The Kier molecular flexibility index (Phi) is 4.69. The highest BCUT2D eigenvalue weighted by Crippen LogP contribution is 2.23. The number of hydrogen-bond donors (Lipinski definition) is 2. The maximum Gasteiger partial charge on any atom is 0.0626 e. The van der Waals surface area contributed by atoms with Crippen LogP contribution in [0.1, 0.15) is 18.0 Å². The van der Waals surface area contributed by atoms with E-state index >= 15 is 0 Å². The Balaban J connectivity index is 1.85. The number of thioether (sulfide) groups is 1. The van der Waals surface area contributed by atoms with Crippen molar-refractivity contribution in [3.8, 4) is 0 Å². The summed E-state index contributed by atoms with van der Waals surface area (Å²) in [6.07, 6.45) is 1.31. The van der Waals surface area contributed by atoms with E-state index in [-0.39, 0.29) is 12.6 Å². The van der Waals surface area contributed by atoms with Crippen LogP contribution in [0.2, 0.25) is 0 Å². The first-order valence-electron chi connectivity index (χ1n) is 5.87. The number of benzene rings is 1. The van der Waals surface area contributed by atoms with E-state index in [0.717, 1.165) is 12.5 Å². The zero-order chi connectivity index (χ0) is 11.2. The van der Waals surface area contributed by atoms with Gasteiger partial charge in [-0.05, 0) is 36.0 Å². The summed E-state index contributed by atoms with van der Waals surface area (Å²) in [4.78, 5) is 0. The van der Waals surface area contributed by atoms with E-state index < -0.39 is 0 Å². The third kappa shape index (κ3) is 3.24. The molecule has 1 aromatic carbocycles. The van der Waals surface area contributed by atoms with Gasteiger partial charge < -0.3 is 10.4 Å². The first-order valence-corrected chi connectivity index (χ1v) is 7.02. The molecule has 16 heavy (non-hydrogen) atoms. The fourth-order valence-corrected chi connectivity index (χ4v) is 3.31. The summed E-state index contributed by atoms with van der Waals surface area (Å²) in [5.74, 6) is 3.34. The highest BCUT2D eigenvalue weighted by molar-refractivity contribution is 7.99. The summed E-state index contributed by atoms with van der Waals surface area (Å²) in [6.45, 7) is 1.19. The van der Waals surface area contributed by atoms with Crippen molar-refractivity contribution in [2.45, 2.75) is 12.5 Å². The van der Waals surface area contributed by atoms with Crippen LogP contribution >= 0.6 is 11.8 Å². The Morgan fingerprint density at radius 2 is 2.19 bits per heavy atom. The van der Waals surface area contributed by atoms with Crippen molar-refractivity contribution in [1.82, 2.24) is 5.32 Å². The van der Waals surface area contributed by atoms with Crippen LogP contribution in [0.25, 0.3) is 0 Å². The minimum Gasteiger partial charge on any atom is -0.394 e. The zero-order valence-corrected chi connectivity index (χ0v) is 10.2. The molecular formula is C13H19NOS. The van der Waals surface area contributed by atoms with Crippen LogP contribution in [0.3, 0.4) is 0 Å². The smallest absolute Gasteiger partial charge is 0.0626 e. The van der Waals surface area contributed by atoms with Gasteiger partial charge in [0, 0.05) is 0 Å². The van der Waals surface area contributed by atoms with Crippen molar-refractivity contribution < 1.29 is 5.11 Å². The molecule has 0 amide bonds. The van der Waals surface area contributed by atoms with Gasteiger partial charge in [0.1, 0.15) is 0 Å². The second kappa shape index (κ2) is 6.28. The minimum atomic E-state index is 0.0896. The molecule has 2 atom stereocenters. The second-order valence-electron chi connectivity index (χ2n) is 4.28. The summed E-state index contributed by atoms with van der Waals surface area (Å²) in [7, 11) is 0. The maximum atomic E-state index is 9.39. The molecule has 2 N–H and O–H groups in total. The first kappa shape index (κ1) is 12.0. The molecule has 88 valence electrons. The molecule has 0 bridgehead atoms. The van der Waals surface area contributed by atoms with Gasteiger partial charge in [-0.3, -0.25) is 0 Å². The van der Waals surface area contributed by atoms with Gasteiger partial charge >= 0.3 is 0 Å². The molecule has 1 aliphatic heterocycles. The predicted octanol–water partition coefficient (Wildman–Crippen LogP) is 2.06. The quantitative estimate of drug-likeness (QED) is 0.822. The number of rotatable bonds is 5. The summed E-state index contributed by atoms with van der Waals surface area (Å²) >= 11 is 2.03. The van der Waals surface area contributed by atoms with Crippen molar-refractivity contribution in [3.05, 3.63) is 35.9 Å². The largest absolute Gasteiger partial charge is 0.394 e. The average Bonchev–Trinajstić information content (AvgIpc) is 2.84. The lowest BCUT2D eigenvalue weighted by Gasteiger charge is -2.19. The lowest BCUT2D eigenvalue weighted by atomic mass is 10.1. The Morgan fingerprint density at radius 1 is 1.38 bits per heavy atom. The van der Waals surface area contributed by atoms with Crippen LogP contribution in [0, 0.1) is 5.92 Å². The number of nitrogens with one attached hydrogen (secondary N) is 1. The summed E-state index contributed by atoms with van der Waals surface area (Å²) < 4.78 is 0. The van der Waals surface area contributed by atoms with Gasteiger partial charge in [-0.25, -0.2) is 0 Å².